The highest BCUT2D eigenvalue weighted by molar-refractivity contribution is 7.89. The lowest BCUT2D eigenvalue weighted by Gasteiger charge is -2.10. The Morgan fingerprint density at radius 1 is 1.10 bits per heavy atom. The molecule has 0 fully saturated rings. The molecular formula is C20H20FN3O3S2. The van der Waals surface area contributed by atoms with Crippen LogP contribution in [-0.4, -0.2) is 25.4 Å². The zero-order valence-corrected chi connectivity index (χ0v) is 17.5. The van der Waals surface area contributed by atoms with Gasteiger partial charge in [-0.25, -0.2) is 22.5 Å². The number of carbonyl (C=O) groups excluding carboxylic acids is 1. The van der Waals surface area contributed by atoms with Crippen LogP contribution in [0.25, 0.3) is 0 Å². The highest BCUT2D eigenvalue weighted by atomic mass is 32.2. The zero-order chi connectivity index (χ0) is 21.0. The topological polar surface area (TPSA) is 88.2 Å². The highest BCUT2D eigenvalue weighted by Crippen LogP contribution is 2.22. The van der Waals surface area contributed by atoms with Crippen LogP contribution in [0.2, 0.25) is 0 Å². The first-order valence-corrected chi connectivity index (χ1v) is 11.2. The monoisotopic (exact) mass is 433 g/mol. The first-order chi connectivity index (χ1) is 13.7. The maximum atomic E-state index is 13.0. The normalized spacial score (nSPS) is 11.6. The van der Waals surface area contributed by atoms with Crippen molar-refractivity contribution in [3.05, 3.63) is 76.5 Å². The summed E-state index contributed by atoms with van der Waals surface area (Å²) in [5.74, 6) is -0.668. The minimum atomic E-state index is -3.61. The van der Waals surface area contributed by atoms with Gasteiger partial charge in [0.25, 0.3) is 5.91 Å². The third-order valence-corrected chi connectivity index (χ3v) is 6.47. The van der Waals surface area contributed by atoms with Crippen LogP contribution in [0.4, 0.5) is 9.52 Å². The molecule has 0 aliphatic rings. The Labute approximate surface area is 172 Å². The van der Waals surface area contributed by atoms with Gasteiger partial charge in [-0.2, -0.15) is 0 Å². The van der Waals surface area contributed by atoms with Gasteiger partial charge < -0.3 is 0 Å². The van der Waals surface area contributed by atoms with Crippen molar-refractivity contribution in [3.8, 4) is 0 Å². The summed E-state index contributed by atoms with van der Waals surface area (Å²) in [5, 5.41) is 3.14. The van der Waals surface area contributed by atoms with E-state index in [9.17, 15) is 17.6 Å². The third-order valence-electron chi connectivity index (χ3n) is 3.88. The van der Waals surface area contributed by atoms with Crippen molar-refractivity contribution >= 4 is 32.4 Å². The Bertz CT molecular complexity index is 1090. The fraction of sp³-hybridized carbons (Fsp3) is 0.200. The van der Waals surface area contributed by atoms with Crippen LogP contribution >= 0.6 is 11.3 Å². The lowest BCUT2D eigenvalue weighted by molar-refractivity contribution is 0.102. The second-order valence-corrected chi connectivity index (χ2v) is 9.52. The first-order valence-electron chi connectivity index (χ1n) is 8.86. The number of anilines is 1. The molecule has 2 N–H and O–H groups in total. The molecule has 0 atom stereocenters. The Hall–Kier alpha value is -2.62. The number of benzene rings is 2. The van der Waals surface area contributed by atoms with Gasteiger partial charge in [-0.1, -0.05) is 12.1 Å². The Morgan fingerprint density at radius 3 is 2.38 bits per heavy atom. The first kappa shape index (κ1) is 21.1. The number of amides is 1. The molecule has 0 saturated heterocycles. The van der Waals surface area contributed by atoms with Crippen LogP contribution in [0.1, 0.15) is 34.6 Å². The number of aromatic nitrogens is 1. The summed E-state index contributed by atoms with van der Waals surface area (Å²) in [6, 6.07) is 11.7. The van der Waals surface area contributed by atoms with E-state index in [1.54, 1.807) is 32.2 Å². The van der Waals surface area contributed by atoms with E-state index in [2.05, 4.69) is 15.0 Å². The van der Waals surface area contributed by atoms with Crippen molar-refractivity contribution in [3.63, 3.8) is 0 Å². The van der Waals surface area contributed by atoms with Crippen LogP contribution < -0.4 is 10.0 Å². The smallest absolute Gasteiger partial charge is 0.257 e. The largest absolute Gasteiger partial charge is 0.298 e. The van der Waals surface area contributed by atoms with E-state index in [0.717, 1.165) is 10.4 Å². The molecule has 2 aromatic carbocycles. The number of rotatable bonds is 7. The molecule has 1 aromatic heterocycles. The molecule has 0 unspecified atom stereocenters. The maximum Gasteiger partial charge on any atom is 0.257 e. The van der Waals surface area contributed by atoms with Gasteiger partial charge in [0.05, 0.1) is 4.90 Å². The van der Waals surface area contributed by atoms with Gasteiger partial charge in [0, 0.05) is 29.1 Å². The molecule has 0 bridgehead atoms. The Balaban J connectivity index is 1.64. The van der Waals surface area contributed by atoms with Crippen LogP contribution in [-0.2, 0) is 16.4 Å². The number of thiazole rings is 1. The molecule has 9 heteroatoms. The predicted molar refractivity (Wildman–Crippen MR) is 111 cm³/mol. The number of hydrogen-bond donors (Lipinski definition) is 2. The molecule has 0 aliphatic carbocycles. The van der Waals surface area contributed by atoms with E-state index in [-0.39, 0.29) is 22.7 Å². The molecule has 3 rings (SSSR count). The van der Waals surface area contributed by atoms with E-state index < -0.39 is 10.0 Å². The molecule has 152 valence electrons. The van der Waals surface area contributed by atoms with Crippen LogP contribution in [0.3, 0.4) is 0 Å². The minimum Gasteiger partial charge on any atom is -0.298 e. The molecule has 3 aromatic rings. The van der Waals surface area contributed by atoms with Crippen molar-refractivity contribution in [2.24, 2.45) is 0 Å². The lowest BCUT2D eigenvalue weighted by Crippen LogP contribution is -2.30. The van der Waals surface area contributed by atoms with Crippen molar-refractivity contribution in [2.75, 3.05) is 5.32 Å². The fourth-order valence-electron chi connectivity index (χ4n) is 2.58. The van der Waals surface area contributed by atoms with Crippen LogP contribution in [0.15, 0.2) is 59.6 Å². The van der Waals surface area contributed by atoms with E-state index in [1.165, 1.54) is 47.7 Å². The zero-order valence-electron chi connectivity index (χ0n) is 15.8. The van der Waals surface area contributed by atoms with E-state index in [4.69, 9.17) is 0 Å². The standard InChI is InChI=1S/C20H20FN3O3S2/c1-13(2)24-29(26,27)18-9-5-15(6-10-18)19(25)23-20-22-12-17(28-20)11-14-3-7-16(21)8-4-14/h3-10,12-13,24H,11H2,1-2H3,(H,22,23,25). The molecule has 0 spiro atoms. The predicted octanol–water partition coefficient (Wildman–Crippen LogP) is 3.81. The summed E-state index contributed by atoms with van der Waals surface area (Å²) < 4.78 is 39.8. The minimum absolute atomic E-state index is 0.0959. The van der Waals surface area contributed by atoms with Gasteiger partial charge in [-0.3, -0.25) is 10.1 Å². The fourth-order valence-corrected chi connectivity index (χ4v) is 4.68. The summed E-state index contributed by atoms with van der Waals surface area (Å²) in [7, 11) is -3.61. The van der Waals surface area contributed by atoms with Crippen LogP contribution in [0.5, 0.6) is 0 Å². The molecule has 29 heavy (non-hydrogen) atoms. The van der Waals surface area contributed by atoms with E-state index in [1.807, 2.05) is 0 Å². The molecule has 6 nitrogen and oxygen atoms in total. The molecular weight excluding hydrogens is 413 g/mol. The number of hydrogen-bond acceptors (Lipinski definition) is 5. The molecule has 1 heterocycles. The summed E-state index contributed by atoms with van der Waals surface area (Å²) >= 11 is 1.33. The maximum absolute atomic E-state index is 13.0. The van der Waals surface area contributed by atoms with Gasteiger partial charge in [0.15, 0.2) is 5.13 Å². The molecule has 0 aliphatic heterocycles. The number of nitrogens with one attached hydrogen (secondary N) is 2. The van der Waals surface area contributed by atoms with Gasteiger partial charge in [-0.05, 0) is 55.8 Å². The number of nitrogens with zero attached hydrogens (tertiary/aromatic N) is 1. The average Bonchev–Trinajstić information content (AvgIpc) is 3.09. The summed E-state index contributed by atoms with van der Waals surface area (Å²) in [4.78, 5) is 17.6. The van der Waals surface area contributed by atoms with Gasteiger partial charge in [0.2, 0.25) is 10.0 Å². The van der Waals surface area contributed by atoms with Crippen LogP contribution in [0, 0.1) is 5.82 Å². The summed E-state index contributed by atoms with van der Waals surface area (Å²) in [6.07, 6.45) is 2.25. The van der Waals surface area contributed by atoms with E-state index >= 15 is 0 Å². The second kappa shape index (κ2) is 8.81. The quantitative estimate of drug-likeness (QED) is 0.593. The average molecular weight is 434 g/mol. The Morgan fingerprint density at radius 2 is 1.76 bits per heavy atom. The molecule has 1 amide bonds. The van der Waals surface area contributed by atoms with E-state index in [0.29, 0.717) is 17.1 Å². The third kappa shape index (κ3) is 5.69. The molecule has 0 radical (unpaired) electrons. The van der Waals surface area contributed by atoms with Crippen molar-refractivity contribution in [1.29, 1.82) is 0 Å². The highest BCUT2D eigenvalue weighted by Gasteiger charge is 2.16. The SMILES string of the molecule is CC(C)NS(=O)(=O)c1ccc(C(=O)Nc2ncc(Cc3ccc(F)cc3)s2)cc1. The number of carbonyl (C=O) groups is 1. The van der Waals surface area contributed by atoms with Crippen molar-refractivity contribution in [2.45, 2.75) is 31.2 Å². The second-order valence-electron chi connectivity index (χ2n) is 6.69. The summed E-state index contributed by atoms with van der Waals surface area (Å²) in [5.41, 5.74) is 1.27. The Kier molecular flexibility index (Phi) is 6.41. The number of sulfonamides is 1. The number of halogens is 1. The van der Waals surface area contributed by atoms with Gasteiger partial charge >= 0.3 is 0 Å². The molecule has 0 saturated carbocycles. The van der Waals surface area contributed by atoms with Crippen molar-refractivity contribution in [1.82, 2.24) is 9.71 Å². The van der Waals surface area contributed by atoms with Crippen molar-refractivity contribution < 1.29 is 17.6 Å². The van der Waals surface area contributed by atoms with Gasteiger partial charge in [0.1, 0.15) is 5.82 Å². The summed E-state index contributed by atoms with van der Waals surface area (Å²) in [6.45, 7) is 3.47. The van der Waals surface area contributed by atoms with Gasteiger partial charge in [-0.15, -0.1) is 11.3 Å². The lowest BCUT2D eigenvalue weighted by atomic mass is 10.1.